The van der Waals surface area contributed by atoms with Gasteiger partial charge in [0.2, 0.25) is 6.79 Å². The van der Waals surface area contributed by atoms with E-state index in [-0.39, 0.29) is 19.1 Å². The molecule has 2 aromatic carbocycles. The van der Waals surface area contributed by atoms with Gasteiger partial charge in [-0.15, -0.1) is 0 Å². The van der Waals surface area contributed by atoms with Crippen molar-refractivity contribution in [2.45, 2.75) is 19.0 Å². The standard InChI is InChI=1S/C18H15NO5/c20-17(21)8-14(11-5-6-15-16(7-11)24-10-23-15)19-9-12-3-1-2-4-13(12)18(19)22/h1-7,14H,8-10H2,(H,20,21)/t14-/m1/s1. The van der Waals surface area contributed by atoms with Gasteiger partial charge in [0.05, 0.1) is 12.5 Å². The van der Waals surface area contributed by atoms with Crippen molar-refractivity contribution in [2.24, 2.45) is 0 Å². The van der Waals surface area contributed by atoms with Crippen LogP contribution in [0.2, 0.25) is 0 Å². The number of ether oxygens (including phenoxy) is 2. The predicted octanol–water partition coefficient (Wildman–Crippen LogP) is 2.59. The summed E-state index contributed by atoms with van der Waals surface area (Å²) in [5.74, 6) is 0.104. The smallest absolute Gasteiger partial charge is 0.305 e. The SMILES string of the molecule is O=C(O)C[C@H](c1ccc2c(c1)OCO2)N1Cc2ccccc2C1=O. The Bertz CT molecular complexity index is 832. The Hall–Kier alpha value is -3.02. The Morgan fingerprint density at radius 1 is 1.17 bits per heavy atom. The molecule has 1 N–H and O–H groups in total. The first kappa shape index (κ1) is 14.6. The molecule has 0 aromatic heterocycles. The molecule has 2 aliphatic rings. The van der Waals surface area contributed by atoms with E-state index in [0.717, 1.165) is 11.1 Å². The molecule has 6 nitrogen and oxygen atoms in total. The van der Waals surface area contributed by atoms with Crippen molar-refractivity contribution in [2.75, 3.05) is 6.79 Å². The van der Waals surface area contributed by atoms with Crippen LogP contribution in [-0.4, -0.2) is 28.7 Å². The highest BCUT2D eigenvalue weighted by atomic mass is 16.7. The fraction of sp³-hybridized carbons (Fsp3) is 0.222. The Morgan fingerprint density at radius 2 is 1.96 bits per heavy atom. The minimum Gasteiger partial charge on any atom is -0.481 e. The second-order valence-electron chi connectivity index (χ2n) is 5.82. The topological polar surface area (TPSA) is 76.1 Å². The van der Waals surface area contributed by atoms with Crippen LogP contribution in [0.25, 0.3) is 0 Å². The lowest BCUT2D eigenvalue weighted by molar-refractivity contribution is -0.138. The van der Waals surface area contributed by atoms with E-state index in [1.54, 1.807) is 29.2 Å². The first-order valence-electron chi connectivity index (χ1n) is 7.63. The maximum absolute atomic E-state index is 12.7. The van der Waals surface area contributed by atoms with E-state index < -0.39 is 12.0 Å². The number of benzene rings is 2. The average molecular weight is 325 g/mol. The number of carbonyl (C=O) groups is 2. The summed E-state index contributed by atoms with van der Waals surface area (Å²) in [6.07, 6.45) is -0.167. The van der Waals surface area contributed by atoms with Gasteiger partial charge in [-0.25, -0.2) is 0 Å². The van der Waals surface area contributed by atoms with Crippen molar-refractivity contribution < 1.29 is 24.2 Å². The number of hydrogen-bond donors (Lipinski definition) is 1. The Balaban J connectivity index is 1.71. The van der Waals surface area contributed by atoms with E-state index in [1.807, 2.05) is 18.2 Å². The molecular weight excluding hydrogens is 310 g/mol. The zero-order valence-corrected chi connectivity index (χ0v) is 12.8. The molecule has 1 amide bonds. The number of amides is 1. The zero-order chi connectivity index (χ0) is 16.7. The van der Waals surface area contributed by atoms with Gasteiger partial charge in [0.1, 0.15) is 0 Å². The molecule has 4 rings (SSSR count). The lowest BCUT2D eigenvalue weighted by Crippen LogP contribution is -2.30. The van der Waals surface area contributed by atoms with Gasteiger partial charge in [-0.3, -0.25) is 9.59 Å². The first-order valence-corrected chi connectivity index (χ1v) is 7.63. The summed E-state index contributed by atoms with van der Waals surface area (Å²) in [5.41, 5.74) is 2.27. The van der Waals surface area contributed by atoms with Crippen molar-refractivity contribution in [3.05, 3.63) is 59.2 Å². The van der Waals surface area contributed by atoms with Gasteiger partial charge in [0.15, 0.2) is 11.5 Å². The number of fused-ring (bicyclic) bond motifs is 2. The maximum atomic E-state index is 12.7. The zero-order valence-electron chi connectivity index (χ0n) is 12.8. The Labute approximate surface area is 138 Å². The van der Waals surface area contributed by atoms with E-state index in [1.165, 1.54) is 0 Å². The van der Waals surface area contributed by atoms with Crippen LogP contribution in [0.15, 0.2) is 42.5 Å². The molecule has 1 atom stereocenters. The van der Waals surface area contributed by atoms with Crippen LogP contribution in [-0.2, 0) is 11.3 Å². The van der Waals surface area contributed by atoms with Gasteiger partial charge in [-0.1, -0.05) is 24.3 Å². The third-order valence-electron chi connectivity index (χ3n) is 4.37. The molecule has 0 aliphatic carbocycles. The number of carboxylic acids is 1. The summed E-state index contributed by atoms with van der Waals surface area (Å²) in [5, 5.41) is 9.31. The highest BCUT2D eigenvalue weighted by Crippen LogP contribution is 2.39. The van der Waals surface area contributed by atoms with Crippen molar-refractivity contribution in [3.8, 4) is 11.5 Å². The Morgan fingerprint density at radius 3 is 2.75 bits per heavy atom. The predicted molar refractivity (Wildman–Crippen MR) is 83.9 cm³/mol. The van der Waals surface area contributed by atoms with E-state index in [4.69, 9.17) is 9.47 Å². The largest absolute Gasteiger partial charge is 0.481 e. The summed E-state index contributed by atoms with van der Waals surface area (Å²) in [6.45, 7) is 0.553. The summed E-state index contributed by atoms with van der Waals surface area (Å²) in [4.78, 5) is 25.7. The first-order chi connectivity index (χ1) is 11.6. The molecule has 0 radical (unpaired) electrons. The summed E-state index contributed by atoms with van der Waals surface area (Å²) in [6, 6.07) is 12.1. The molecule has 24 heavy (non-hydrogen) atoms. The summed E-state index contributed by atoms with van der Waals surface area (Å²) < 4.78 is 10.7. The number of rotatable bonds is 4. The molecule has 0 saturated carbocycles. The maximum Gasteiger partial charge on any atom is 0.305 e. The molecule has 6 heteroatoms. The van der Waals surface area contributed by atoms with Crippen molar-refractivity contribution in [3.63, 3.8) is 0 Å². The highest BCUT2D eigenvalue weighted by Gasteiger charge is 2.35. The van der Waals surface area contributed by atoms with Crippen LogP contribution in [0.1, 0.15) is 33.9 Å². The molecule has 2 aromatic rings. The minimum absolute atomic E-state index is 0.144. The molecule has 2 aliphatic heterocycles. The molecule has 0 saturated heterocycles. The number of nitrogens with zero attached hydrogens (tertiary/aromatic N) is 1. The lowest BCUT2D eigenvalue weighted by Gasteiger charge is -2.27. The second-order valence-corrected chi connectivity index (χ2v) is 5.82. The fourth-order valence-corrected chi connectivity index (χ4v) is 3.22. The number of aliphatic carboxylic acids is 1. The van der Waals surface area contributed by atoms with E-state index in [2.05, 4.69) is 0 Å². The van der Waals surface area contributed by atoms with Crippen molar-refractivity contribution in [1.29, 1.82) is 0 Å². The number of hydrogen-bond acceptors (Lipinski definition) is 4. The van der Waals surface area contributed by atoms with E-state index in [9.17, 15) is 14.7 Å². The van der Waals surface area contributed by atoms with Crippen LogP contribution in [0.4, 0.5) is 0 Å². The van der Waals surface area contributed by atoms with Gasteiger partial charge >= 0.3 is 5.97 Å². The minimum atomic E-state index is -0.957. The number of carboxylic acid groups (broad SMARTS) is 1. The molecule has 0 unspecified atom stereocenters. The third kappa shape index (κ3) is 2.36. The van der Waals surface area contributed by atoms with Gasteiger partial charge in [-0.05, 0) is 29.3 Å². The molecule has 0 spiro atoms. The van der Waals surface area contributed by atoms with Crippen molar-refractivity contribution >= 4 is 11.9 Å². The molecule has 0 fully saturated rings. The van der Waals surface area contributed by atoms with Crippen LogP contribution in [0, 0.1) is 0 Å². The second kappa shape index (κ2) is 5.56. The quantitative estimate of drug-likeness (QED) is 0.935. The van der Waals surface area contributed by atoms with E-state index in [0.29, 0.717) is 23.6 Å². The van der Waals surface area contributed by atoms with Gasteiger partial charge in [0, 0.05) is 12.1 Å². The summed E-state index contributed by atoms with van der Waals surface area (Å²) in [7, 11) is 0. The van der Waals surface area contributed by atoms with Crippen molar-refractivity contribution in [1.82, 2.24) is 4.90 Å². The molecule has 122 valence electrons. The highest BCUT2D eigenvalue weighted by molar-refractivity contribution is 5.98. The fourth-order valence-electron chi connectivity index (χ4n) is 3.22. The van der Waals surface area contributed by atoms with Crippen LogP contribution < -0.4 is 9.47 Å². The van der Waals surface area contributed by atoms with Gasteiger partial charge < -0.3 is 19.5 Å². The molecular formula is C18H15NO5. The van der Waals surface area contributed by atoms with Gasteiger partial charge in [-0.2, -0.15) is 0 Å². The van der Waals surface area contributed by atoms with Crippen LogP contribution in [0.3, 0.4) is 0 Å². The monoisotopic (exact) mass is 325 g/mol. The lowest BCUT2D eigenvalue weighted by atomic mass is 10.0. The van der Waals surface area contributed by atoms with Crippen LogP contribution >= 0.6 is 0 Å². The Kier molecular flexibility index (Phi) is 3.37. The average Bonchev–Trinajstić information content (AvgIpc) is 3.17. The molecule has 0 bridgehead atoms. The van der Waals surface area contributed by atoms with Gasteiger partial charge in [0.25, 0.3) is 5.91 Å². The van der Waals surface area contributed by atoms with Crippen LogP contribution in [0.5, 0.6) is 11.5 Å². The third-order valence-corrected chi connectivity index (χ3v) is 4.37. The number of carbonyl (C=O) groups excluding carboxylic acids is 1. The van der Waals surface area contributed by atoms with E-state index >= 15 is 0 Å². The summed E-state index contributed by atoms with van der Waals surface area (Å²) >= 11 is 0. The normalized spacial score (nSPS) is 16.2. The molecule has 2 heterocycles.